The van der Waals surface area contributed by atoms with Crippen LogP contribution in [0.5, 0.6) is 0 Å². The van der Waals surface area contributed by atoms with Crippen LogP contribution < -0.4 is 5.32 Å². The van der Waals surface area contributed by atoms with E-state index in [0.29, 0.717) is 6.54 Å². The van der Waals surface area contributed by atoms with Gasteiger partial charge in [-0.1, -0.05) is 18.2 Å². The van der Waals surface area contributed by atoms with Crippen LogP contribution in [0.1, 0.15) is 24.0 Å². The minimum absolute atomic E-state index is 0.00134. The van der Waals surface area contributed by atoms with E-state index < -0.39 is 0 Å². The first kappa shape index (κ1) is 16.5. The summed E-state index contributed by atoms with van der Waals surface area (Å²) < 4.78 is 0. The number of aryl methyl sites for hydroxylation is 2. The molecule has 22 heavy (non-hydrogen) atoms. The zero-order chi connectivity index (χ0) is 16.1. The molecule has 0 aromatic heterocycles. The zero-order valence-corrected chi connectivity index (χ0v) is 13.7. The van der Waals surface area contributed by atoms with Gasteiger partial charge in [0.25, 0.3) is 0 Å². The van der Waals surface area contributed by atoms with Gasteiger partial charge in [-0.3, -0.25) is 14.5 Å². The largest absolute Gasteiger partial charge is 0.335 e. The van der Waals surface area contributed by atoms with E-state index in [-0.39, 0.29) is 18.4 Å². The molecule has 0 atom stereocenters. The number of benzene rings is 1. The van der Waals surface area contributed by atoms with Crippen molar-refractivity contribution in [2.75, 3.05) is 38.5 Å². The molecule has 0 unspecified atom stereocenters. The van der Waals surface area contributed by atoms with Crippen LogP contribution in [0.4, 0.5) is 5.69 Å². The number of amides is 2. The van der Waals surface area contributed by atoms with Crippen LogP contribution >= 0.6 is 0 Å². The first-order valence-electron chi connectivity index (χ1n) is 7.80. The number of hydrogen-bond donors (Lipinski definition) is 1. The molecular formula is C17H25N3O2. The van der Waals surface area contributed by atoms with E-state index in [1.54, 1.807) is 7.05 Å². The normalized spacial score (nSPS) is 14.9. The Balaban J connectivity index is 1.86. The molecule has 1 fully saturated rings. The second-order valence-electron chi connectivity index (χ2n) is 6.05. The van der Waals surface area contributed by atoms with Gasteiger partial charge >= 0.3 is 0 Å². The molecule has 0 saturated carbocycles. The Morgan fingerprint density at radius 3 is 2.36 bits per heavy atom. The Morgan fingerprint density at radius 1 is 1.18 bits per heavy atom. The summed E-state index contributed by atoms with van der Waals surface area (Å²) >= 11 is 0. The molecule has 1 aromatic rings. The smallest absolute Gasteiger partial charge is 0.243 e. The molecule has 2 rings (SSSR count). The first-order chi connectivity index (χ1) is 10.5. The molecule has 1 N–H and O–H groups in total. The van der Waals surface area contributed by atoms with Crippen molar-refractivity contribution in [3.8, 4) is 0 Å². The molecule has 1 aromatic carbocycles. The predicted molar refractivity (Wildman–Crippen MR) is 87.9 cm³/mol. The van der Waals surface area contributed by atoms with Crippen molar-refractivity contribution in [2.45, 2.75) is 26.7 Å². The molecule has 1 heterocycles. The van der Waals surface area contributed by atoms with Crippen LogP contribution in [0, 0.1) is 13.8 Å². The second-order valence-corrected chi connectivity index (χ2v) is 6.05. The van der Waals surface area contributed by atoms with Crippen molar-refractivity contribution < 1.29 is 9.59 Å². The van der Waals surface area contributed by atoms with Gasteiger partial charge in [-0.25, -0.2) is 0 Å². The molecule has 1 saturated heterocycles. The zero-order valence-electron chi connectivity index (χ0n) is 13.7. The Bertz CT molecular complexity index is 531. The van der Waals surface area contributed by atoms with Gasteiger partial charge in [0.15, 0.2) is 0 Å². The molecule has 1 aliphatic rings. The molecular weight excluding hydrogens is 278 g/mol. The average Bonchev–Trinajstić information content (AvgIpc) is 2.96. The summed E-state index contributed by atoms with van der Waals surface area (Å²) in [5.41, 5.74) is 2.90. The summed E-state index contributed by atoms with van der Waals surface area (Å²) in [5, 5.41) is 2.91. The maximum atomic E-state index is 12.2. The standard InChI is InChI=1S/C17H25N3O2/c1-13-7-6-8-14(2)17(13)18-15(21)11-19(3)16(22)12-20-9-4-5-10-20/h6-8H,4-5,9-12H2,1-3H3,(H,18,21). The van der Waals surface area contributed by atoms with Gasteiger partial charge in [0.2, 0.25) is 11.8 Å². The molecule has 5 heteroatoms. The van der Waals surface area contributed by atoms with E-state index in [1.807, 2.05) is 32.0 Å². The number of rotatable bonds is 5. The van der Waals surface area contributed by atoms with E-state index in [1.165, 1.54) is 4.90 Å². The highest BCUT2D eigenvalue weighted by molar-refractivity contribution is 5.95. The van der Waals surface area contributed by atoms with E-state index in [4.69, 9.17) is 0 Å². The SMILES string of the molecule is Cc1cccc(C)c1NC(=O)CN(C)C(=O)CN1CCCC1. The molecule has 1 aliphatic heterocycles. The predicted octanol–water partition coefficient (Wildman–Crippen LogP) is 1.80. The van der Waals surface area contributed by atoms with Crippen molar-refractivity contribution in [1.82, 2.24) is 9.80 Å². The van der Waals surface area contributed by atoms with E-state index >= 15 is 0 Å². The summed E-state index contributed by atoms with van der Waals surface area (Å²) in [4.78, 5) is 27.9. The fourth-order valence-corrected chi connectivity index (χ4v) is 2.75. The Morgan fingerprint density at radius 2 is 1.77 bits per heavy atom. The molecule has 5 nitrogen and oxygen atoms in total. The first-order valence-corrected chi connectivity index (χ1v) is 7.80. The summed E-state index contributed by atoms with van der Waals surface area (Å²) in [7, 11) is 1.68. The fraction of sp³-hybridized carbons (Fsp3) is 0.529. The third-order valence-electron chi connectivity index (χ3n) is 4.11. The van der Waals surface area contributed by atoms with E-state index in [2.05, 4.69) is 10.2 Å². The number of likely N-dealkylation sites (N-methyl/N-ethyl adjacent to an activating group) is 1. The van der Waals surface area contributed by atoms with Gasteiger partial charge in [0.1, 0.15) is 0 Å². The number of carbonyl (C=O) groups is 2. The lowest BCUT2D eigenvalue weighted by atomic mass is 10.1. The van der Waals surface area contributed by atoms with Crippen LogP contribution in [0.2, 0.25) is 0 Å². The lowest BCUT2D eigenvalue weighted by molar-refractivity contribution is -0.134. The highest BCUT2D eigenvalue weighted by atomic mass is 16.2. The minimum Gasteiger partial charge on any atom is -0.335 e. The van der Waals surface area contributed by atoms with Crippen molar-refractivity contribution >= 4 is 17.5 Å². The van der Waals surface area contributed by atoms with Crippen molar-refractivity contribution in [1.29, 1.82) is 0 Å². The molecule has 0 aliphatic carbocycles. The Kier molecular flexibility index (Phi) is 5.55. The van der Waals surface area contributed by atoms with Gasteiger partial charge in [0.05, 0.1) is 13.1 Å². The number of para-hydroxylation sites is 1. The number of likely N-dealkylation sites (tertiary alicyclic amines) is 1. The van der Waals surface area contributed by atoms with Gasteiger partial charge in [-0.15, -0.1) is 0 Å². The highest BCUT2D eigenvalue weighted by Crippen LogP contribution is 2.19. The van der Waals surface area contributed by atoms with Crippen molar-refractivity contribution in [3.05, 3.63) is 29.3 Å². The van der Waals surface area contributed by atoms with Crippen molar-refractivity contribution in [3.63, 3.8) is 0 Å². The minimum atomic E-state index is -0.158. The Labute approximate surface area is 132 Å². The van der Waals surface area contributed by atoms with Crippen LogP contribution in [0.25, 0.3) is 0 Å². The molecule has 0 bridgehead atoms. The van der Waals surface area contributed by atoms with E-state index in [9.17, 15) is 9.59 Å². The fourth-order valence-electron chi connectivity index (χ4n) is 2.75. The number of nitrogens with zero attached hydrogens (tertiary/aromatic N) is 2. The Hall–Kier alpha value is -1.88. The van der Waals surface area contributed by atoms with Gasteiger partial charge in [-0.05, 0) is 50.9 Å². The maximum absolute atomic E-state index is 12.2. The maximum Gasteiger partial charge on any atom is 0.243 e. The van der Waals surface area contributed by atoms with Gasteiger partial charge in [0, 0.05) is 12.7 Å². The lowest BCUT2D eigenvalue weighted by Gasteiger charge is -2.21. The summed E-state index contributed by atoms with van der Waals surface area (Å²) in [5.74, 6) is -0.159. The van der Waals surface area contributed by atoms with Crippen LogP contribution in [0.3, 0.4) is 0 Å². The quantitative estimate of drug-likeness (QED) is 0.902. The second kappa shape index (κ2) is 7.40. The van der Waals surface area contributed by atoms with Gasteiger partial charge in [-0.2, -0.15) is 0 Å². The number of carbonyl (C=O) groups excluding carboxylic acids is 2. The van der Waals surface area contributed by atoms with Crippen molar-refractivity contribution in [2.24, 2.45) is 0 Å². The average molecular weight is 303 g/mol. The van der Waals surface area contributed by atoms with E-state index in [0.717, 1.165) is 42.7 Å². The lowest BCUT2D eigenvalue weighted by Crippen LogP contribution is -2.41. The monoisotopic (exact) mass is 303 g/mol. The van der Waals surface area contributed by atoms with Crippen LogP contribution in [0.15, 0.2) is 18.2 Å². The summed E-state index contributed by atoms with van der Waals surface area (Å²) in [6.45, 7) is 6.38. The van der Waals surface area contributed by atoms with Gasteiger partial charge < -0.3 is 10.2 Å². The number of hydrogen-bond acceptors (Lipinski definition) is 3. The topological polar surface area (TPSA) is 52.7 Å². The third-order valence-corrected chi connectivity index (χ3v) is 4.11. The third kappa shape index (κ3) is 4.31. The van der Waals surface area contributed by atoms with Crippen LogP contribution in [-0.4, -0.2) is 54.8 Å². The molecule has 2 amide bonds. The summed E-state index contributed by atoms with van der Waals surface area (Å²) in [6, 6.07) is 5.89. The molecule has 0 radical (unpaired) electrons. The van der Waals surface area contributed by atoms with Crippen LogP contribution in [-0.2, 0) is 9.59 Å². The highest BCUT2D eigenvalue weighted by Gasteiger charge is 2.19. The summed E-state index contributed by atoms with van der Waals surface area (Å²) in [6.07, 6.45) is 2.31. The molecule has 0 spiro atoms. The number of anilines is 1. The number of nitrogens with one attached hydrogen (secondary N) is 1. The molecule has 120 valence electrons.